The SMILES string of the molecule is O=C(NC(CO)c1ccc(Cl)cc1)C1CSc2ccccc21. The number of aliphatic hydroxyl groups excluding tert-OH is 1. The first-order valence-corrected chi connectivity index (χ1v) is 8.44. The van der Waals surface area contributed by atoms with Crippen molar-refractivity contribution in [3.8, 4) is 0 Å². The van der Waals surface area contributed by atoms with Crippen LogP contribution >= 0.6 is 23.4 Å². The van der Waals surface area contributed by atoms with Gasteiger partial charge < -0.3 is 10.4 Å². The lowest BCUT2D eigenvalue weighted by atomic mass is 9.99. The van der Waals surface area contributed by atoms with Gasteiger partial charge in [-0.3, -0.25) is 4.79 Å². The molecule has 114 valence electrons. The monoisotopic (exact) mass is 333 g/mol. The average Bonchev–Trinajstić information content (AvgIpc) is 2.97. The van der Waals surface area contributed by atoms with E-state index in [0.29, 0.717) is 5.02 Å². The van der Waals surface area contributed by atoms with E-state index in [2.05, 4.69) is 5.32 Å². The molecule has 22 heavy (non-hydrogen) atoms. The number of carbonyl (C=O) groups excluding carboxylic acids is 1. The van der Waals surface area contributed by atoms with Crippen molar-refractivity contribution in [1.29, 1.82) is 0 Å². The molecule has 3 nitrogen and oxygen atoms in total. The molecule has 1 aliphatic rings. The molecule has 0 radical (unpaired) electrons. The van der Waals surface area contributed by atoms with Crippen molar-refractivity contribution in [2.75, 3.05) is 12.4 Å². The Morgan fingerprint density at radius 2 is 2.00 bits per heavy atom. The van der Waals surface area contributed by atoms with E-state index in [1.54, 1.807) is 23.9 Å². The lowest BCUT2D eigenvalue weighted by Gasteiger charge is -2.19. The number of rotatable bonds is 4. The third kappa shape index (κ3) is 3.14. The Morgan fingerprint density at radius 1 is 1.27 bits per heavy atom. The Kier molecular flexibility index (Phi) is 4.71. The fourth-order valence-electron chi connectivity index (χ4n) is 2.58. The van der Waals surface area contributed by atoms with Gasteiger partial charge in [-0.25, -0.2) is 0 Å². The molecule has 5 heteroatoms. The second-order valence-electron chi connectivity index (χ2n) is 5.20. The molecule has 2 atom stereocenters. The number of hydrogen-bond donors (Lipinski definition) is 2. The molecule has 0 spiro atoms. The van der Waals surface area contributed by atoms with Crippen LogP contribution < -0.4 is 5.32 Å². The summed E-state index contributed by atoms with van der Waals surface area (Å²) in [5.74, 6) is 0.526. The number of carbonyl (C=O) groups is 1. The van der Waals surface area contributed by atoms with E-state index in [1.165, 1.54) is 0 Å². The molecule has 0 bridgehead atoms. The van der Waals surface area contributed by atoms with Gasteiger partial charge in [-0.15, -0.1) is 11.8 Å². The number of benzene rings is 2. The van der Waals surface area contributed by atoms with E-state index in [0.717, 1.165) is 21.8 Å². The molecule has 2 aromatic rings. The van der Waals surface area contributed by atoms with Crippen molar-refractivity contribution < 1.29 is 9.90 Å². The van der Waals surface area contributed by atoms with Gasteiger partial charge in [-0.1, -0.05) is 41.9 Å². The van der Waals surface area contributed by atoms with Crippen LogP contribution in [0.2, 0.25) is 5.02 Å². The summed E-state index contributed by atoms with van der Waals surface area (Å²) in [6.07, 6.45) is 0. The summed E-state index contributed by atoms with van der Waals surface area (Å²) >= 11 is 7.57. The van der Waals surface area contributed by atoms with Crippen LogP contribution in [0, 0.1) is 0 Å². The van der Waals surface area contributed by atoms with Gasteiger partial charge in [-0.2, -0.15) is 0 Å². The summed E-state index contributed by atoms with van der Waals surface area (Å²) in [5.41, 5.74) is 1.91. The predicted octanol–water partition coefficient (Wildman–Crippen LogP) is 3.38. The van der Waals surface area contributed by atoms with E-state index in [4.69, 9.17) is 11.6 Å². The maximum absolute atomic E-state index is 12.6. The molecule has 2 unspecified atom stereocenters. The van der Waals surface area contributed by atoms with E-state index >= 15 is 0 Å². The summed E-state index contributed by atoms with van der Waals surface area (Å²) in [6.45, 7) is -0.144. The number of thioether (sulfide) groups is 1. The van der Waals surface area contributed by atoms with E-state index in [1.807, 2.05) is 36.4 Å². The van der Waals surface area contributed by atoms with Gasteiger partial charge in [0, 0.05) is 15.7 Å². The van der Waals surface area contributed by atoms with Gasteiger partial charge in [-0.05, 0) is 29.3 Å². The van der Waals surface area contributed by atoms with Crippen LogP contribution in [-0.2, 0) is 4.79 Å². The first-order chi connectivity index (χ1) is 10.7. The topological polar surface area (TPSA) is 49.3 Å². The standard InChI is InChI=1S/C17H16ClNO2S/c18-12-7-5-11(6-8-12)15(9-20)19-17(21)14-10-22-16-4-2-1-3-13(14)16/h1-8,14-15,20H,9-10H2,(H,19,21). The van der Waals surface area contributed by atoms with Crippen molar-refractivity contribution in [3.05, 3.63) is 64.7 Å². The summed E-state index contributed by atoms with van der Waals surface area (Å²) < 4.78 is 0. The Balaban J connectivity index is 1.74. The molecule has 2 N–H and O–H groups in total. The molecular formula is C17H16ClNO2S. The van der Waals surface area contributed by atoms with Crippen LogP contribution in [0.1, 0.15) is 23.1 Å². The highest BCUT2D eigenvalue weighted by Gasteiger charge is 2.30. The summed E-state index contributed by atoms with van der Waals surface area (Å²) in [6, 6.07) is 14.7. The Hall–Kier alpha value is -1.49. The molecule has 1 amide bonds. The Bertz CT molecular complexity index is 675. The van der Waals surface area contributed by atoms with Crippen molar-refractivity contribution in [2.24, 2.45) is 0 Å². The molecule has 0 saturated carbocycles. The van der Waals surface area contributed by atoms with Crippen molar-refractivity contribution in [1.82, 2.24) is 5.32 Å². The van der Waals surface area contributed by atoms with Gasteiger partial charge in [0.15, 0.2) is 0 Å². The highest BCUT2D eigenvalue weighted by molar-refractivity contribution is 7.99. The third-order valence-electron chi connectivity index (χ3n) is 3.79. The molecule has 0 saturated heterocycles. The van der Waals surface area contributed by atoms with Gasteiger partial charge in [0.1, 0.15) is 0 Å². The lowest BCUT2D eigenvalue weighted by molar-refractivity contribution is -0.123. The number of fused-ring (bicyclic) bond motifs is 1. The fraction of sp³-hybridized carbons (Fsp3) is 0.235. The Labute approximate surface area is 138 Å². The van der Waals surface area contributed by atoms with E-state index in [9.17, 15) is 9.90 Å². The van der Waals surface area contributed by atoms with Crippen LogP contribution in [0.3, 0.4) is 0 Å². The van der Waals surface area contributed by atoms with Crippen molar-refractivity contribution in [2.45, 2.75) is 16.9 Å². The van der Waals surface area contributed by atoms with Crippen molar-refractivity contribution >= 4 is 29.3 Å². The smallest absolute Gasteiger partial charge is 0.228 e. The number of aliphatic hydroxyl groups is 1. The highest BCUT2D eigenvalue weighted by atomic mass is 35.5. The summed E-state index contributed by atoms with van der Waals surface area (Å²) in [5, 5.41) is 13.2. The van der Waals surface area contributed by atoms with Gasteiger partial charge >= 0.3 is 0 Å². The van der Waals surface area contributed by atoms with Gasteiger partial charge in [0.25, 0.3) is 0 Å². The molecule has 0 aromatic heterocycles. The van der Waals surface area contributed by atoms with Crippen molar-refractivity contribution in [3.63, 3.8) is 0 Å². The molecule has 1 aliphatic heterocycles. The lowest BCUT2D eigenvalue weighted by Crippen LogP contribution is -2.34. The van der Waals surface area contributed by atoms with Crippen LogP contribution in [0.15, 0.2) is 53.4 Å². The number of hydrogen-bond acceptors (Lipinski definition) is 3. The first kappa shape index (κ1) is 15.4. The molecule has 0 aliphatic carbocycles. The minimum atomic E-state index is -0.414. The molecule has 0 fully saturated rings. The molecule has 3 rings (SSSR count). The van der Waals surface area contributed by atoms with Gasteiger partial charge in [0.05, 0.1) is 18.6 Å². The minimum absolute atomic E-state index is 0.0496. The van der Waals surface area contributed by atoms with E-state index in [-0.39, 0.29) is 18.4 Å². The number of halogens is 1. The second kappa shape index (κ2) is 6.73. The molecular weight excluding hydrogens is 318 g/mol. The zero-order valence-electron chi connectivity index (χ0n) is 11.8. The van der Waals surface area contributed by atoms with Crippen LogP contribution in [0.25, 0.3) is 0 Å². The quantitative estimate of drug-likeness (QED) is 0.901. The molecule has 1 heterocycles. The summed E-state index contributed by atoms with van der Waals surface area (Å²) in [4.78, 5) is 13.7. The highest BCUT2D eigenvalue weighted by Crippen LogP contribution is 2.39. The molecule has 2 aromatic carbocycles. The third-order valence-corrected chi connectivity index (χ3v) is 5.22. The van der Waals surface area contributed by atoms with E-state index < -0.39 is 6.04 Å². The van der Waals surface area contributed by atoms with Crippen LogP contribution in [-0.4, -0.2) is 23.4 Å². The second-order valence-corrected chi connectivity index (χ2v) is 6.69. The first-order valence-electron chi connectivity index (χ1n) is 7.07. The number of amides is 1. The number of nitrogens with one attached hydrogen (secondary N) is 1. The average molecular weight is 334 g/mol. The van der Waals surface area contributed by atoms with Crippen LogP contribution in [0.4, 0.5) is 0 Å². The minimum Gasteiger partial charge on any atom is -0.394 e. The fourth-order valence-corrected chi connectivity index (χ4v) is 3.94. The Morgan fingerprint density at radius 3 is 2.73 bits per heavy atom. The normalized spacial score (nSPS) is 17.8. The zero-order chi connectivity index (χ0) is 15.5. The predicted molar refractivity (Wildman–Crippen MR) is 89.3 cm³/mol. The maximum atomic E-state index is 12.6. The maximum Gasteiger partial charge on any atom is 0.228 e. The van der Waals surface area contributed by atoms with Crippen LogP contribution in [0.5, 0.6) is 0 Å². The summed E-state index contributed by atoms with van der Waals surface area (Å²) in [7, 11) is 0. The van der Waals surface area contributed by atoms with Gasteiger partial charge in [0.2, 0.25) is 5.91 Å². The largest absolute Gasteiger partial charge is 0.394 e. The zero-order valence-corrected chi connectivity index (χ0v) is 13.4.